The summed E-state index contributed by atoms with van der Waals surface area (Å²) in [6, 6.07) is 20.0. The van der Waals surface area contributed by atoms with E-state index < -0.39 is 6.23 Å². The van der Waals surface area contributed by atoms with Crippen LogP contribution in [0.3, 0.4) is 0 Å². The van der Waals surface area contributed by atoms with Gasteiger partial charge in [0.1, 0.15) is 6.23 Å². The number of para-hydroxylation sites is 2. The summed E-state index contributed by atoms with van der Waals surface area (Å²) in [5.74, 6) is 0. The van der Waals surface area contributed by atoms with Crippen molar-refractivity contribution in [3.63, 3.8) is 0 Å². The Bertz CT molecular complexity index is 416. The van der Waals surface area contributed by atoms with Gasteiger partial charge in [-0.2, -0.15) is 0 Å². The highest BCUT2D eigenvalue weighted by atomic mass is 16.3. The zero-order valence-electron chi connectivity index (χ0n) is 10.7. The standard InChI is InChI=1S/C16H19NO/c1-2-9-16(18)17(14-10-5-3-6-11-14)15-12-7-4-8-13-15/h3-8,10-13,16,18H,2,9H2,1H3. The van der Waals surface area contributed by atoms with Gasteiger partial charge in [0.15, 0.2) is 0 Å². The summed E-state index contributed by atoms with van der Waals surface area (Å²) in [6.45, 7) is 2.08. The minimum Gasteiger partial charge on any atom is -0.373 e. The molecule has 2 aromatic carbocycles. The molecule has 0 fully saturated rings. The second kappa shape index (κ2) is 6.22. The molecule has 0 aliphatic rings. The highest BCUT2D eigenvalue weighted by Gasteiger charge is 2.16. The average Bonchev–Trinajstić information content (AvgIpc) is 2.42. The fourth-order valence-electron chi connectivity index (χ4n) is 2.06. The Morgan fingerprint density at radius 2 is 1.33 bits per heavy atom. The number of aliphatic hydroxyl groups excluding tert-OH is 1. The second-order valence-electron chi connectivity index (χ2n) is 4.31. The minimum absolute atomic E-state index is 0.486. The van der Waals surface area contributed by atoms with Crippen molar-refractivity contribution in [2.75, 3.05) is 4.90 Å². The van der Waals surface area contributed by atoms with Crippen molar-refractivity contribution in [2.45, 2.75) is 26.0 Å². The van der Waals surface area contributed by atoms with Gasteiger partial charge in [0.2, 0.25) is 0 Å². The maximum atomic E-state index is 10.3. The van der Waals surface area contributed by atoms with Crippen LogP contribution in [-0.2, 0) is 0 Å². The average molecular weight is 241 g/mol. The number of hydrogen-bond donors (Lipinski definition) is 1. The molecular formula is C16H19NO. The van der Waals surface area contributed by atoms with Crippen LogP contribution in [0, 0.1) is 0 Å². The molecule has 0 heterocycles. The highest BCUT2D eigenvalue weighted by Crippen LogP contribution is 2.27. The summed E-state index contributed by atoms with van der Waals surface area (Å²) < 4.78 is 0. The van der Waals surface area contributed by atoms with Gasteiger partial charge in [-0.15, -0.1) is 0 Å². The molecule has 1 unspecified atom stereocenters. The number of anilines is 2. The van der Waals surface area contributed by atoms with Crippen LogP contribution >= 0.6 is 0 Å². The maximum Gasteiger partial charge on any atom is 0.131 e. The quantitative estimate of drug-likeness (QED) is 0.801. The lowest BCUT2D eigenvalue weighted by molar-refractivity contribution is 0.170. The molecule has 2 nitrogen and oxygen atoms in total. The third kappa shape index (κ3) is 2.90. The Morgan fingerprint density at radius 3 is 1.72 bits per heavy atom. The van der Waals surface area contributed by atoms with E-state index in [0.717, 1.165) is 24.2 Å². The van der Waals surface area contributed by atoms with E-state index in [1.807, 2.05) is 65.6 Å². The summed E-state index contributed by atoms with van der Waals surface area (Å²) in [4.78, 5) is 1.98. The lowest BCUT2D eigenvalue weighted by Crippen LogP contribution is -2.30. The first-order valence-corrected chi connectivity index (χ1v) is 6.40. The van der Waals surface area contributed by atoms with Crippen LogP contribution in [0.4, 0.5) is 11.4 Å². The Kier molecular flexibility index (Phi) is 4.37. The molecule has 0 saturated carbocycles. The Labute approximate surface area is 109 Å². The first-order chi connectivity index (χ1) is 8.83. The van der Waals surface area contributed by atoms with Crippen LogP contribution in [0.5, 0.6) is 0 Å². The van der Waals surface area contributed by atoms with E-state index in [1.54, 1.807) is 0 Å². The van der Waals surface area contributed by atoms with Crippen LogP contribution in [-0.4, -0.2) is 11.3 Å². The van der Waals surface area contributed by atoms with E-state index in [1.165, 1.54) is 0 Å². The van der Waals surface area contributed by atoms with Crippen molar-refractivity contribution in [2.24, 2.45) is 0 Å². The zero-order chi connectivity index (χ0) is 12.8. The molecule has 0 bridgehead atoms. The summed E-state index contributed by atoms with van der Waals surface area (Å²) in [5.41, 5.74) is 2.04. The fraction of sp³-hybridized carbons (Fsp3) is 0.250. The molecule has 0 radical (unpaired) electrons. The van der Waals surface area contributed by atoms with Gasteiger partial charge in [-0.25, -0.2) is 0 Å². The van der Waals surface area contributed by atoms with Crippen molar-refractivity contribution in [3.05, 3.63) is 60.7 Å². The molecule has 2 heteroatoms. The van der Waals surface area contributed by atoms with Crippen LogP contribution in [0.25, 0.3) is 0 Å². The van der Waals surface area contributed by atoms with Crippen LogP contribution in [0.2, 0.25) is 0 Å². The zero-order valence-corrected chi connectivity index (χ0v) is 10.7. The molecule has 1 atom stereocenters. The van der Waals surface area contributed by atoms with E-state index in [-0.39, 0.29) is 0 Å². The van der Waals surface area contributed by atoms with Crippen molar-refractivity contribution < 1.29 is 5.11 Å². The van der Waals surface area contributed by atoms with E-state index in [2.05, 4.69) is 6.92 Å². The van der Waals surface area contributed by atoms with Crippen LogP contribution in [0.15, 0.2) is 60.7 Å². The van der Waals surface area contributed by atoms with Gasteiger partial charge in [-0.05, 0) is 30.7 Å². The van der Waals surface area contributed by atoms with Crippen molar-refractivity contribution >= 4 is 11.4 Å². The molecule has 0 aromatic heterocycles. The second-order valence-corrected chi connectivity index (χ2v) is 4.31. The monoisotopic (exact) mass is 241 g/mol. The van der Waals surface area contributed by atoms with E-state index >= 15 is 0 Å². The molecular weight excluding hydrogens is 222 g/mol. The predicted octanol–water partition coefficient (Wildman–Crippen LogP) is 3.94. The maximum absolute atomic E-state index is 10.3. The van der Waals surface area contributed by atoms with Gasteiger partial charge < -0.3 is 10.0 Å². The molecule has 2 rings (SSSR count). The number of rotatable bonds is 5. The van der Waals surface area contributed by atoms with Gasteiger partial charge in [0, 0.05) is 11.4 Å². The van der Waals surface area contributed by atoms with Gasteiger partial charge in [0.25, 0.3) is 0 Å². The molecule has 0 aliphatic carbocycles. The van der Waals surface area contributed by atoms with Crippen molar-refractivity contribution in [1.29, 1.82) is 0 Å². The fourth-order valence-corrected chi connectivity index (χ4v) is 2.06. The smallest absolute Gasteiger partial charge is 0.131 e. The molecule has 18 heavy (non-hydrogen) atoms. The molecule has 94 valence electrons. The molecule has 1 N–H and O–H groups in total. The normalized spacial score (nSPS) is 12.1. The summed E-state index contributed by atoms with van der Waals surface area (Å²) in [5, 5.41) is 10.3. The van der Waals surface area contributed by atoms with E-state index in [4.69, 9.17) is 0 Å². The van der Waals surface area contributed by atoms with Crippen LogP contribution < -0.4 is 4.90 Å². The van der Waals surface area contributed by atoms with E-state index in [0.29, 0.717) is 0 Å². The summed E-state index contributed by atoms with van der Waals surface area (Å²) in [6.07, 6.45) is 1.22. The minimum atomic E-state index is -0.486. The molecule has 2 aromatic rings. The third-order valence-corrected chi connectivity index (χ3v) is 2.91. The lowest BCUT2D eigenvalue weighted by atomic mass is 10.2. The summed E-state index contributed by atoms with van der Waals surface area (Å²) >= 11 is 0. The molecule has 0 amide bonds. The van der Waals surface area contributed by atoms with Crippen molar-refractivity contribution in [1.82, 2.24) is 0 Å². The third-order valence-electron chi connectivity index (χ3n) is 2.91. The first-order valence-electron chi connectivity index (χ1n) is 6.40. The molecule has 0 spiro atoms. The number of hydrogen-bond acceptors (Lipinski definition) is 2. The van der Waals surface area contributed by atoms with Gasteiger partial charge in [-0.1, -0.05) is 49.7 Å². The number of aliphatic hydroxyl groups is 1. The SMILES string of the molecule is CCCC(O)N(c1ccccc1)c1ccccc1. The Hall–Kier alpha value is -1.80. The van der Waals surface area contributed by atoms with Gasteiger partial charge in [-0.3, -0.25) is 0 Å². The van der Waals surface area contributed by atoms with Crippen molar-refractivity contribution in [3.8, 4) is 0 Å². The Morgan fingerprint density at radius 1 is 0.889 bits per heavy atom. The van der Waals surface area contributed by atoms with Crippen LogP contribution in [0.1, 0.15) is 19.8 Å². The predicted molar refractivity (Wildman–Crippen MR) is 75.9 cm³/mol. The molecule has 0 aliphatic heterocycles. The number of nitrogens with zero attached hydrogens (tertiary/aromatic N) is 1. The highest BCUT2D eigenvalue weighted by molar-refractivity contribution is 5.63. The number of benzene rings is 2. The van der Waals surface area contributed by atoms with E-state index in [9.17, 15) is 5.11 Å². The lowest BCUT2D eigenvalue weighted by Gasteiger charge is -2.30. The summed E-state index contributed by atoms with van der Waals surface area (Å²) in [7, 11) is 0. The van der Waals surface area contributed by atoms with Gasteiger partial charge >= 0.3 is 0 Å². The van der Waals surface area contributed by atoms with Gasteiger partial charge in [0.05, 0.1) is 0 Å². The first kappa shape index (κ1) is 12.7. The largest absolute Gasteiger partial charge is 0.373 e. The topological polar surface area (TPSA) is 23.5 Å². The molecule has 0 saturated heterocycles. The Balaban J connectivity index is 2.35.